The summed E-state index contributed by atoms with van der Waals surface area (Å²) in [6.45, 7) is -0.122. The Hall–Kier alpha value is -4.85. The number of sulfonamides is 1. The second kappa shape index (κ2) is 11.3. The summed E-state index contributed by atoms with van der Waals surface area (Å²) < 4.78 is 101. The number of methoxy groups -OCH3 is 2. The molecule has 9 nitrogen and oxygen atoms in total. The van der Waals surface area contributed by atoms with Crippen LogP contribution in [0.5, 0.6) is 11.5 Å². The summed E-state index contributed by atoms with van der Waals surface area (Å²) in [7, 11) is -1.51. The van der Waals surface area contributed by atoms with E-state index < -0.39 is 39.4 Å². The molecule has 6 rings (SSSR count). The number of hydrogen-bond donors (Lipinski definition) is 0. The highest BCUT2D eigenvalue weighted by molar-refractivity contribution is 7.92. The average molecular weight is 644 g/mol. The molecule has 0 saturated heterocycles. The zero-order valence-corrected chi connectivity index (χ0v) is 24.6. The maximum atomic E-state index is 15.3. The van der Waals surface area contributed by atoms with Crippen molar-refractivity contribution in [3.8, 4) is 17.2 Å². The van der Waals surface area contributed by atoms with Crippen LogP contribution in [0.1, 0.15) is 23.5 Å². The van der Waals surface area contributed by atoms with Gasteiger partial charge in [0, 0.05) is 17.5 Å². The lowest BCUT2D eigenvalue weighted by Crippen LogP contribution is -2.31. The minimum absolute atomic E-state index is 0.0138. The second-order valence-electron chi connectivity index (χ2n) is 10.4. The molecule has 2 aromatic heterocycles. The smallest absolute Gasteiger partial charge is 0.392 e. The lowest BCUT2D eigenvalue weighted by molar-refractivity contribution is -0.148. The monoisotopic (exact) mass is 643 g/mol. The van der Waals surface area contributed by atoms with Gasteiger partial charge in [0.05, 0.1) is 49.0 Å². The molecule has 0 N–H and O–H groups in total. The fourth-order valence-electron chi connectivity index (χ4n) is 5.33. The van der Waals surface area contributed by atoms with E-state index in [1.54, 1.807) is 24.3 Å². The van der Waals surface area contributed by atoms with E-state index in [1.165, 1.54) is 63.1 Å². The first kappa shape index (κ1) is 30.2. The van der Waals surface area contributed by atoms with Crippen LogP contribution in [-0.2, 0) is 16.6 Å². The largest absolute Gasteiger partial charge is 0.497 e. The van der Waals surface area contributed by atoms with E-state index in [0.717, 1.165) is 14.9 Å². The number of aromatic nitrogens is 2. The summed E-state index contributed by atoms with van der Waals surface area (Å²) in [6.07, 6.45) is -2.13. The first-order valence-electron chi connectivity index (χ1n) is 13.6. The van der Waals surface area contributed by atoms with Gasteiger partial charge >= 0.3 is 12.2 Å². The minimum atomic E-state index is -4.45. The Labute approximate surface area is 254 Å². The molecule has 2 unspecified atom stereocenters. The molecule has 1 saturated carbocycles. The number of alkyl halides is 3. The molecule has 0 amide bonds. The number of hydrogen-bond acceptors (Lipinski definition) is 7. The Morgan fingerprint density at radius 3 is 2.40 bits per heavy atom. The van der Waals surface area contributed by atoms with Crippen molar-refractivity contribution in [2.24, 2.45) is 5.92 Å². The number of benzene rings is 3. The average Bonchev–Trinajstić information content (AvgIpc) is 3.66. The van der Waals surface area contributed by atoms with Crippen molar-refractivity contribution in [1.29, 1.82) is 0 Å². The molecule has 0 aliphatic heterocycles. The Bertz CT molecular complexity index is 2050. The Morgan fingerprint density at radius 2 is 1.78 bits per heavy atom. The summed E-state index contributed by atoms with van der Waals surface area (Å²) in [5.41, 5.74) is 0.0454. The molecule has 14 heteroatoms. The van der Waals surface area contributed by atoms with Gasteiger partial charge in [0.25, 0.3) is 15.6 Å². The SMILES string of the molecule is COc1ccc(CN(c2ncco2)S(=O)(=O)c2ccc3c(ccc(=O)n3-c3cc(F)c(C4CC4C(F)(F)F)cc3OC)c2)cc1. The van der Waals surface area contributed by atoms with Crippen molar-refractivity contribution in [3.63, 3.8) is 0 Å². The summed E-state index contributed by atoms with van der Waals surface area (Å²) in [5, 5.41) is 0.304. The predicted molar refractivity (Wildman–Crippen MR) is 156 cm³/mol. The molecule has 0 spiro atoms. The number of fused-ring (bicyclic) bond motifs is 1. The third-order valence-electron chi connectivity index (χ3n) is 7.72. The second-order valence-corrected chi connectivity index (χ2v) is 12.3. The third-order valence-corrected chi connectivity index (χ3v) is 9.44. The van der Waals surface area contributed by atoms with Crippen molar-refractivity contribution in [1.82, 2.24) is 9.55 Å². The molecule has 0 radical (unpaired) electrons. The van der Waals surface area contributed by atoms with Crippen molar-refractivity contribution in [2.45, 2.75) is 30.0 Å². The Morgan fingerprint density at radius 1 is 1.02 bits per heavy atom. The van der Waals surface area contributed by atoms with Gasteiger partial charge in [0.15, 0.2) is 0 Å². The van der Waals surface area contributed by atoms with E-state index in [1.807, 2.05) is 0 Å². The molecule has 1 fully saturated rings. The maximum absolute atomic E-state index is 15.3. The summed E-state index contributed by atoms with van der Waals surface area (Å²) in [6, 6.07) is 15.4. The molecule has 2 heterocycles. The summed E-state index contributed by atoms with van der Waals surface area (Å²) >= 11 is 0. The Balaban J connectivity index is 1.41. The highest BCUT2D eigenvalue weighted by Crippen LogP contribution is 2.57. The number of halogens is 4. The van der Waals surface area contributed by atoms with Gasteiger partial charge in [-0.05, 0) is 65.9 Å². The lowest BCUT2D eigenvalue weighted by atomic mass is 10.1. The molecule has 1 aliphatic rings. The molecular formula is C31H25F4N3O6S. The van der Waals surface area contributed by atoms with Crippen molar-refractivity contribution >= 4 is 26.9 Å². The quantitative estimate of drug-likeness (QED) is 0.176. The lowest BCUT2D eigenvalue weighted by Gasteiger charge is -2.21. The van der Waals surface area contributed by atoms with Crippen molar-refractivity contribution < 1.29 is 39.9 Å². The van der Waals surface area contributed by atoms with Gasteiger partial charge in [-0.3, -0.25) is 9.36 Å². The Kier molecular flexibility index (Phi) is 7.55. The fraction of sp³-hybridized carbons (Fsp3) is 0.226. The first-order chi connectivity index (χ1) is 21.4. The highest BCUT2D eigenvalue weighted by Gasteiger charge is 2.57. The van der Waals surface area contributed by atoms with Crippen LogP contribution in [0.15, 0.2) is 93.3 Å². The van der Waals surface area contributed by atoms with Gasteiger partial charge in [0.2, 0.25) is 0 Å². The summed E-state index contributed by atoms with van der Waals surface area (Å²) in [4.78, 5) is 17.0. The predicted octanol–water partition coefficient (Wildman–Crippen LogP) is 6.20. The zero-order chi connectivity index (χ0) is 32.1. The van der Waals surface area contributed by atoms with Gasteiger partial charge in [-0.2, -0.15) is 13.2 Å². The number of pyridine rings is 1. The fourth-order valence-corrected chi connectivity index (χ4v) is 6.72. The maximum Gasteiger partial charge on any atom is 0.392 e. The number of anilines is 1. The molecule has 0 bridgehead atoms. The van der Waals surface area contributed by atoms with E-state index in [2.05, 4.69) is 4.98 Å². The van der Waals surface area contributed by atoms with Gasteiger partial charge in [-0.15, -0.1) is 0 Å². The van der Waals surface area contributed by atoms with Crippen LogP contribution in [0.2, 0.25) is 0 Å². The highest BCUT2D eigenvalue weighted by atomic mass is 32.2. The minimum Gasteiger partial charge on any atom is -0.497 e. The molecular weight excluding hydrogens is 618 g/mol. The van der Waals surface area contributed by atoms with E-state index in [4.69, 9.17) is 13.9 Å². The van der Waals surface area contributed by atoms with E-state index in [-0.39, 0.29) is 46.4 Å². The number of rotatable bonds is 9. The van der Waals surface area contributed by atoms with Crippen molar-refractivity contribution in [2.75, 3.05) is 18.5 Å². The number of ether oxygens (including phenoxy) is 2. The van der Waals surface area contributed by atoms with Crippen molar-refractivity contribution in [3.05, 3.63) is 106 Å². The van der Waals surface area contributed by atoms with E-state index in [9.17, 15) is 26.4 Å². The van der Waals surface area contributed by atoms with Crippen LogP contribution >= 0.6 is 0 Å². The van der Waals surface area contributed by atoms with E-state index in [0.29, 0.717) is 16.7 Å². The van der Waals surface area contributed by atoms with Crippen LogP contribution in [0.3, 0.4) is 0 Å². The molecule has 5 aromatic rings. The normalized spacial score (nSPS) is 16.5. The third kappa shape index (κ3) is 5.61. The van der Waals surface area contributed by atoms with Gasteiger partial charge < -0.3 is 13.9 Å². The number of oxazole rings is 1. The standard InChI is InChI=1S/C31H25F4N3O6S/c1-42-20-6-3-18(4-7-20)17-37(30-36-11-12-44-30)45(40,41)21-8-9-26-19(13-21)5-10-29(39)38(26)27-16-25(32)23(15-28(27)43-2)22-14-24(22)31(33,34)35/h3-13,15-16,22,24H,14,17H2,1-2H3. The van der Waals surface area contributed by atoms with Crippen LogP contribution in [0, 0.1) is 11.7 Å². The number of nitrogens with zero attached hydrogens (tertiary/aromatic N) is 3. The molecule has 1 aliphatic carbocycles. The van der Waals surface area contributed by atoms with Gasteiger partial charge in [-0.1, -0.05) is 12.1 Å². The molecule has 2 atom stereocenters. The van der Waals surface area contributed by atoms with E-state index >= 15 is 4.39 Å². The van der Waals surface area contributed by atoms with Crippen LogP contribution in [0.4, 0.5) is 23.6 Å². The zero-order valence-electron chi connectivity index (χ0n) is 23.8. The molecule has 3 aromatic carbocycles. The van der Waals surface area contributed by atoms with Crippen LogP contribution < -0.4 is 19.3 Å². The van der Waals surface area contributed by atoms with Crippen LogP contribution in [-0.4, -0.2) is 38.4 Å². The summed E-state index contributed by atoms with van der Waals surface area (Å²) in [5.74, 6) is -3.03. The molecule has 234 valence electrons. The van der Waals surface area contributed by atoms with Gasteiger partial charge in [-0.25, -0.2) is 22.1 Å². The first-order valence-corrected chi connectivity index (χ1v) is 15.0. The van der Waals surface area contributed by atoms with Gasteiger partial charge in [0.1, 0.15) is 23.6 Å². The molecule has 45 heavy (non-hydrogen) atoms. The van der Waals surface area contributed by atoms with Crippen LogP contribution in [0.25, 0.3) is 16.6 Å². The topological polar surface area (TPSA) is 104 Å².